The number of nitrogens with one attached hydrogen (secondary N) is 1. The first-order valence-corrected chi connectivity index (χ1v) is 7.14. The van der Waals surface area contributed by atoms with E-state index >= 15 is 0 Å². The summed E-state index contributed by atoms with van der Waals surface area (Å²) in [5.74, 6) is 0.681. The summed E-state index contributed by atoms with van der Waals surface area (Å²) in [4.78, 5) is 24.0. The Morgan fingerprint density at radius 1 is 1.15 bits per heavy atom. The number of benzene rings is 1. The zero-order chi connectivity index (χ0) is 14.7. The molecule has 1 aromatic heterocycles. The van der Waals surface area contributed by atoms with E-state index in [-0.39, 0.29) is 17.0 Å². The second-order valence-corrected chi connectivity index (χ2v) is 5.26. The van der Waals surface area contributed by atoms with E-state index in [0.717, 1.165) is 5.56 Å². The van der Waals surface area contributed by atoms with E-state index in [9.17, 15) is 9.59 Å². The Labute approximate surface area is 122 Å². The van der Waals surface area contributed by atoms with Gasteiger partial charge in [-0.25, -0.2) is 4.68 Å². The molecule has 0 fully saturated rings. The molecule has 2 aromatic rings. The van der Waals surface area contributed by atoms with Gasteiger partial charge in [-0.05, 0) is 25.2 Å². The van der Waals surface area contributed by atoms with Gasteiger partial charge in [0, 0.05) is 17.0 Å². The fourth-order valence-electron chi connectivity index (χ4n) is 2.13. The van der Waals surface area contributed by atoms with Crippen LogP contribution in [0.3, 0.4) is 0 Å². The molecule has 1 aromatic carbocycles. The molecular weight excluding hydrogens is 272 g/mol. The fraction of sp³-hybridized carbons (Fsp3) is 0.333. The average Bonchev–Trinajstić information content (AvgIpc) is 2.48. The molecule has 1 unspecified atom stereocenters. The molecule has 0 radical (unpaired) electrons. The molecule has 0 saturated heterocycles. The number of hydrogen-bond donors (Lipinski definition) is 2. The predicted octanol–water partition coefficient (Wildman–Crippen LogP) is 1.87. The van der Waals surface area contributed by atoms with Crippen LogP contribution < -0.4 is 11.1 Å². The highest BCUT2D eigenvalue weighted by atomic mass is 32.1. The standard InChI is InChI=1S/C15H18N2O2S/c1-10-11(2)15(19)17(16-14(10)18)8-13(9-20)12-6-4-3-5-7-12/h3-7,13,20H,8-9H2,1-2H3,(H,16,18). The van der Waals surface area contributed by atoms with Crippen LogP contribution in [-0.4, -0.2) is 15.5 Å². The molecule has 1 heterocycles. The average molecular weight is 290 g/mol. The summed E-state index contributed by atoms with van der Waals surface area (Å²) >= 11 is 4.36. The Hall–Kier alpha value is -1.75. The molecule has 0 spiro atoms. The maximum absolute atomic E-state index is 12.2. The van der Waals surface area contributed by atoms with Crippen LogP contribution in [0.5, 0.6) is 0 Å². The first-order valence-electron chi connectivity index (χ1n) is 6.50. The van der Waals surface area contributed by atoms with Crippen molar-refractivity contribution in [3.05, 3.63) is 67.7 Å². The minimum absolute atomic E-state index is 0.0787. The van der Waals surface area contributed by atoms with Crippen LogP contribution >= 0.6 is 12.6 Å². The topological polar surface area (TPSA) is 54.9 Å². The van der Waals surface area contributed by atoms with Gasteiger partial charge in [0.05, 0.1) is 6.54 Å². The van der Waals surface area contributed by atoms with Crippen molar-refractivity contribution in [2.45, 2.75) is 26.3 Å². The molecule has 5 heteroatoms. The molecule has 0 amide bonds. The number of aromatic amines is 1. The number of rotatable bonds is 4. The molecule has 0 aliphatic heterocycles. The Kier molecular flexibility index (Phi) is 4.49. The molecule has 0 aliphatic carbocycles. The van der Waals surface area contributed by atoms with Crippen molar-refractivity contribution >= 4 is 12.6 Å². The zero-order valence-electron chi connectivity index (χ0n) is 11.6. The van der Waals surface area contributed by atoms with Crippen LogP contribution in [-0.2, 0) is 6.54 Å². The minimum Gasteiger partial charge on any atom is -0.268 e. The quantitative estimate of drug-likeness (QED) is 0.845. The third-order valence-corrected chi connectivity index (χ3v) is 4.04. The summed E-state index contributed by atoms with van der Waals surface area (Å²) in [5, 5.41) is 2.63. The van der Waals surface area contributed by atoms with Crippen molar-refractivity contribution in [1.82, 2.24) is 9.78 Å². The molecule has 0 bridgehead atoms. The van der Waals surface area contributed by atoms with Gasteiger partial charge in [0.15, 0.2) is 0 Å². The van der Waals surface area contributed by atoms with E-state index in [0.29, 0.717) is 23.4 Å². The van der Waals surface area contributed by atoms with Gasteiger partial charge < -0.3 is 0 Å². The zero-order valence-corrected chi connectivity index (χ0v) is 12.5. The lowest BCUT2D eigenvalue weighted by Crippen LogP contribution is -2.35. The van der Waals surface area contributed by atoms with Gasteiger partial charge in [-0.3, -0.25) is 14.7 Å². The Morgan fingerprint density at radius 3 is 2.40 bits per heavy atom. The summed E-state index contributed by atoms with van der Waals surface area (Å²) in [6.45, 7) is 3.76. The molecule has 1 N–H and O–H groups in total. The molecule has 0 saturated carbocycles. The van der Waals surface area contributed by atoms with Gasteiger partial charge in [0.2, 0.25) is 0 Å². The Morgan fingerprint density at radius 2 is 1.80 bits per heavy atom. The second-order valence-electron chi connectivity index (χ2n) is 4.90. The number of aromatic nitrogens is 2. The van der Waals surface area contributed by atoms with Gasteiger partial charge in [-0.2, -0.15) is 12.6 Å². The largest absolute Gasteiger partial charge is 0.268 e. The highest BCUT2D eigenvalue weighted by Gasteiger charge is 2.14. The van der Waals surface area contributed by atoms with Crippen LogP contribution in [0, 0.1) is 13.8 Å². The van der Waals surface area contributed by atoms with E-state index in [1.165, 1.54) is 4.68 Å². The lowest BCUT2D eigenvalue weighted by Gasteiger charge is -2.17. The monoisotopic (exact) mass is 290 g/mol. The van der Waals surface area contributed by atoms with Crippen molar-refractivity contribution in [2.75, 3.05) is 5.75 Å². The molecule has 106 valence electrons. The summed E-state index contributed by atoms with van der Waals surface area (Å²) < 4.78 is 1.39. The van der Waals surface area contributed by atoms with Crippen molar-refractivity contribution < 1.29 is 0 Å². The molecule has 4 nitrogen and oxygen atoms in total. The van der Waals surface area contributed by atoms with Crippen molar-refractivity contribution in [3.8, 4) is 0 Å². The van der Waals surface area contributed by atoms with Crippen LogP contribution in [0.15, 0.2) is 39.9 Å². The normalized spacial score (nSPS) is 12.3. The van der Waals surface area contributed by atoms with E-state index in [4.69, 9.17) is 0 Å². The van der Waals surface area contributed by atoms with E-state index in [1.54, 1.807) is 13.8 Å². The van der Waals surface area contributed by atoms with Gasteiger partial charge >= 0.3 is 0 Å². The lowest BCUT2D eigenvalue weighted by atomic mass is 10.0. The van der Waals surface area contributed by atoms with Gasteiger partial charge in [0.25, 0.3) is 11.1 Å². The van der Waals surface area contributed by atoms with Crippen LogP contribution in [0.25, 0.3) is 0 Å². The summed E-state index contributed by atoms with van der Waals surface area (Å²) in [6.07, 6.45) is 0. The maximum atomic E-state index is 12.2. The summed E-state index contributed by atoms with van der Waals surface area (Å²) in [7, 11) is 0. The third-order valence-electron chi connectivity index (χ3n) is 3.60. The number of hydrogen-bond acceptors (Lipinski definition) is 3. The molecule has 0 aliphatic rings. The number of H-pyrrole nitrogens is 1. The predicted molar refractivity (Wildman–Crippen MR) is 83.8 cm³/mol. The molecule has 20 heavy (non-hydrogen) atoms. The summed E-state index contributed by atoms with van der Waals surface area (Å²) in [6, 6.07) is 9.87. The van der Waals surface area contributed by atoms with Crippen molar-refractivity contribution in [2.24, 2.45) is 0 Å². The lowest BCUT2D eigenvalue weighted by molar-refractivity contribution is 0.511. The SMILES string of the molecule is Cc1c(C)c(=O)n(CC(CS)c2ccccc2)[nH]c1=O. The van der Waals surface area contributed by atoms with Crippen LogP contribution in [0.4, 0.5) is 0 Å². The van der Waals surface area contributed by atoms with E-state index < -0.39 is 0 Å². The van der Waals surface area contributed by atoms with Crippen LogP contribution in [0.2, 0.25) is 0 Å². The Bertz CT molecular complexity index is 704. The molecule has 2 rings (SSSR count). The minimum atomic E-state index is -0.215. The van der Waals surface area contributed by atoms with Crippen molar-refractivity contribution in [1.29, 1.82) is 0 Å². The van der Waals surface area contributed by atoms with Gasteiger partial charge in [-0.15, -0.1) is 0 Å². The van der Waals surface area contributed by atoms with Crippen LogP contribution in [0.1, 0.15) is 22.6 Å². The number of thiol groups is 1. The Balaban J connectivity index is 2.39. The molecular formula is C15H18N2O2S. The highest BCUT2D eigenvalue weighted by molar-refractivity contribution is 7.80. The van der Waals surface area contributed by atoms with Gasteiger partial charge in [0.1, 0.15) is 0 Å². The maximum Gasteiger partial charge on any atom is 0.268 e. The third kappa shape index (κ3) is 2.88. The second kappa shape index (κ2) is 6.13. The highest BCUT2D eigenvalue weighted by Crippen LogP contribution is 2.18. The number of nitrogens with zero attached hydrogens (tertiary/aromatic N) is 1. The summed E-state index contributed by atoms with van der Waals surface area (Å²) in [5.41, 5.74) is 1.72. The van der Waals surface area contributed by atoms with E-state index in [1.807, 2.05) is 30.3 Å². The smallest absolute Gasteiger partial charge is 0.268 e. The van der Waals surface area contributed by atoms with Gasteiger partial charge in [-0.1, -0.05) is 30.3 Å². The first kappa shape index (κ1) is 14.7. The fourth-order valence-corrected chi connectivity index (χ4v) is 2.46. The van der Waals surface area contributed by atoms with E-state index in [2.05, 4.69) is 17.7 Å². The first-order chi connectivity index (χ1) is 9.54. The van der Waals surface area contributed by atoms with Crippen molar-refractivity contribution in [3.63, 3.8) is 0 Å². The molecule has 1 atom stereocenters.